The van der Waals surface area contributed by atoms with E-state index in [-0.39, 0.29) is 5.91 Å². The molecular formula is C20H22N4OS. The van der Waals surface area contributed by atoms with E-state index < -0.39 is 0 Å². The standard InChI is InChI=1S/C20H22N4OS/c1-15-16(13-23-9-11-26-12-10-23)3-2-4-18(15)22-20(25)17-5-6-19-21-7-8-24(19)14-17/h2-8,14H,9-13H2,1H3,(H,22,25). The Hall–Kier alpha value is -2.31. The van der Waals surface area contributed by atoms with E-state index in [0.717, 1.165) is 36.5 Å². The van der Waals surface area contributed by atoms with Crippen molar-refractivity contribution < 1.29 is 4.79 Å². The topological polar surface area (TPSA) is 49.6 Å². The summed E-state index contributed by atoms with van der Waals surface area (Å²) in [5.41, 5.74) is 4.75. The fourth-order valence-electron chi connectivity index (χ4n) is 3.24. The first-order valence-electron chi connectivity index (χ1n) is 8.83. The fraction of sp³-hybridized carbons (Fsp3) is 0.300. The van der Waals surface area contributed by atoms with Crippen LogP contribution in [0, 0.1) is 6.92 Å². The van der Waals surface area contributed by atoms with Crippen LogP contribution in [0.3, 0.4) is 0 Å². The van der Waals surface area contributed by atoms with Gasteiger partial charge in [-0.15, -0.1) is 0 Å². The van der Waals surface area contributed by atoms with Gasteiger partial charge >= 0.3 is 0 Å². The summed E-state index contributed by atoms with van der Waals surface area (Å²) in [5.74, 6) is 2.30. The highest BCUT2D eigenvalue weighted by atomic mass is 32.2. The zero-order chi connectivity index (χ0) is 17.9. The third kappa shape index (κ3) is 3.61. The maximum atomic E-state index is 12.7. The minimum atomic E-state index is -0.102. The van der Waals surface area contributed by atoms with E-state index >= 15 is 0 Å². The molecule has 0 atom stereocenters. The van der Waals surface area contributed by atoms with Crippen molar-refractivity contribution in [1.29, 1.82) is 0 Å². The van der Waals surface area contributed by atoms with E-state index in [1.807, 2.05) is 52.8 Å². The van der Waals surface area contributed by atoms with Crippen LogP contribution < -0.4 is 5.32 Å². The monoisotopic (exact) mass is 366 g/mol. The molecule has 5 nitrogen and oxygen atoms in total. The molecule has 0 saturated carbocycles. The molecule has 0 bridgehead atoms. The average molecular weight is 366 g/mol. The Labute approximate surface area is 157 Å². The van der Waals surface area contributed by atoms with Crippen LogP contribution >= 0.6 is 11.8 Å². The van der Waals surface area contributed by atoms with Gasteiger partial charge in [-0.1, -0.05) is 12.1 Å². The van der Waals surface area contributed by atoms with Gasteiger partial charge in [-0.05, 0) is 36.2 Å². The third-order valence-electron chi connectivity index (χ3n) is 4.84. The zero-order valence-electron chi connectivity index (χ0n) is 14.8. The summed E-state index contributed by atoms with van der Waals surface area (Å²) in [6, 6.07) is 9.81. The number of nitrogens with zero attached hydrogens (tertiary/aromatic N) is 3. The number of pyridine rings is 1. The summed E-state index contributed by atoms with van der Waals surface area (Å²) < 4.78 is 1.85. The number of aromatic nitrogens is 2. The molecule has 26 heavy (non-hydrogen) atoms. The van der Waals surface area contributed by atoms with Crippen LogP contribution in [0.25, 0.3) is 5.65 Å². The lowest BCUT2D eigenvalue weighted by atomic mass is 10.1. The summed E-state index contributed by atoms with van der Waals surface area (Å²) >= 11 is 2.02. The molecule has 1 N–H and O–H groups in total. The van der Waals surface area contributed by atoms with Gasteiger partial charge in [0.1, 0.15) is 5.65 Å². The molecule has 3 heterocycles. The first kappa shape index (κ1) is 17.1. The fourth-order valence-corrected chi connectivity index (χ4v) is 4.22. The number of carbonyl (C=O) groups is 1. The van der Waals surface area contributed by atoms with Crippen molar-refractivity contribution >= 4 is 29.0 Å². The van der Waals surface area contributed by atoms with Crippen molar-refractivity contribution in [2.24, 2.45) is 0 Å². The quantitative estimate of drug-likeness (QED) is 0.768. The Bertz CT molecular complexity index is 930. The highest BCUT2D eigenvalue weighted by Gasteiger charge is 2.14. The van der Waals surface area contributed by atoms with E-state index in [1.165, 1.54) is 17.1 Å². The number of rotatable bonds is 4. The summed E-state index contributed by atoms with van der Waals surface area (Å²) in [5, 5.41) is 3.07. The van der Waals surface area contributed by atoms with Gasteiger partial charge in [-0.25, -0.2) is 4.98 Å². The average Bonchev–Trinajstić information content (AvgIpc) is 3.13. The van der Waals surface area contributed by atoms with Gasteiger partial charge in [0, 0.05) is 55.4 Å². The van der Waals surface area contributed by atoms with Crippen LogP contribution in [0.4, 0.5) is 5.69 Å². The normalized spacial score (nSPS) is 15.3. The largest absolute Gasteiger partial charge is 0.322 e. The molecule has 1 aliphatic heterocycles. The van der Waals surface area contributed by atoms with Crippen molar-refractivity contribution in [1.82, 2.24) is 14.3 Å². The van der Waals surface area contributed by atoms with Gasteiger partial charge in [0.05, 0.1) is 5.56 Å². The molecule has 0 radical (unpaired) electrons. The van der Waals surface area contributed by atoms with Gasteiger partial charge in [0.15, 0.2) is 0 Å². The minimum absolute atomic E-state index is 0.102. The van der Waals surface area contributed by atoms with Gasteiger partial charge in [-0.3, -0.25) is 9.69 Å². The highest BCUT2D eigenvalue weighted by Crippen LogP contribution is 2.22. The molecule has 4 rings (SSSR count). The van der Waals surface area contributed by atoms with Gasteiger partial charge in [0.2, 0.25) is 0 Å². The number of hydrogen-bond donors (Lipinski definition) is 1. The Morgan fingerprint density at radius 2 is 2.08 bits per heavy atom. The number of amides is 1. The lowest BCUT2D eigenvalue weighted by Crippen LogP contribution is -2.32. The number of benzene rings is 1. The van der Waals surface area contributed by atoms with Gasteiger partial charge in [0.25, 0.3) is 5.91 Å². The zero-order valence-corrected chi connectivity index (χ0v) is 15.6. The van der Waals surface area contributed by atoms with Crippen molar-refractivity contribution in [3.8, 4) is 0 Å². The molecule has 3 aromatic rings. The van der Waals surface area contributed by atoms with E-state index in [4.69, 9.17) is 0 Å². The molecule has 0 aliphatic carbocycles. The van der Waals surface area contributed by atoms with Crippen LogP contribution in [0.15, 0.2) is 48.9 Å². The lowest BCUT2D eigenvalue weighted by Gasteiger charge is -2.27. The second-order valence-corrected chi connectivity index (χ2v) is 7.77. The number of anilines is 1. The van der Waals surface area contributed by atoms with Crippen molar-refractivity contribution in [3.05, 3.63) is 65.6 Å². The Morgan fingerprint density at radius 3 is 2.92 bits per heavy atom. The van der Waals surface area contributed by atoms with Gasteiger partial charge < -0.3 is 9.72 Å². The second-order valence-electron chi connectivity index (χ2n) is 6.54. The minimum Gasteiger partial charge on any atom is -0.322 e. The molecule has 1 aromatic carbocycles. The number of thioether (sulfide) groups is 1. The first-order valence-corrected chi connectivity index (χ1v) is 9.99. The Morgan fingerprint density at radius 1 is 1.23 bits per heavy atom. The summed E-state index contributed by atoms with van der Waals surface area (Å²) in [7, 11) is 0. The van der Waals surface area contributed by atoms with Crippen LogP contribution in [0.2, 0.25) is 0 Å². The van der Waals surface area contributed by atoms with E-state index in [2.05, 4.69) is 28.2 Å². The lowest BCUT2D eigenvalue weighted by molar-refractivity contribution is 0.102. The van der Waals surface area contributed by atoms with Gasteiger partial charge in [-0.2, -0.15) is 11.8 Å². The second kappa shape index (κ2) is 7.51. The Balaban J connectivity index is 1.51. The number of nitrogens with one attached hydrogen (secondary N) is 1. The number of imidazole rings is 1. The summed E-state index contributed by atoms with van der Waals surface area (Å²) in [4.78, 5) is 19.4. The van der Waals surface area contributed by atoms with E-state index in [1.54, 1.807) is 6.20 Å². The smallest absolute Gasteiger partial charge is 0.257 e. The first-order chi connectivity index (χ1) is 12.7. The van der Waals surface area contributed by atoms with Crippen molar-refractivity contribution in [3.63, 3.8) is 0 Å². The molecule has 1 aliphatic rings. The maximum absolute atomic E-state index is 12.7. The third-order valence-corrected chi connectivity index (χ3v) is 5.79. The van der Waals surface area contributed by atoms with Crippen LogP contribution in [0.1, 0.15) is 21.5 Å². The van der Waals surface area contributed by atoms with Crippen molar-refractivity contribution in [2.75, 3.05) is 29.9 Å². The molecule has 1 amide bonds. The molecular weight excluding hydrogens is 344 g/mol. The Kier molecular flexibility index (Phi) is 4.95. The van der Waals surface area contributed by atoms with Crippen LogP contribution in [0.5, 0.6) is 0 Å². The predicted octanol–water partition coefficient (Wildman–Crippen LogP) is 3.44. The molecule has 134 valence electrons. The number of fused-ring (bicyclic) bond motifs is 1. The van der Waals surface area contributed by atoms with E-state index in [0.29, 0.717) is 5.56 Å². The molecule has 2 aromatic heterocycles. The number of hydrogen-bond acceptors (Lipinski definition) is 4. The maximum Gasteiger partial charge on any atom is 0.257 e. The molecule has 1 saturated heterocycles. The summed E-state index contributed by atoms with van der Waals surface area (Å²) in [6.07, 6.45) is 5.38. The summed E-state index contributed by atoms with van der Waals surface area (Å²) in [6.45, 7) is 5.29. The van der Waals surface area contributed by atoms with Crippen molar-refractivity contribution in [2.45, 2.75) is 13.5 Å². The number of carbonyl (C=O) groups excluding carboxylic acids is 1. The molecule has 0 spiro atoms. The van der Waals surface area contributed by atoms with Crippen LogP contribution in [-0.2, 0) is 6.54 Å². The van der Waals surface area contributed by atoms with E-state index in [9.17, 15) is 4.79 Å². The SMILES string of the molecule is Cc1c(CN2CCSCC2)cccc1NC(=O)c1ccc2nccn2c1. The van der Waals surface area contributed by atoms with Crippen LogP contribution in [-0.4, -0.2) is 44.8 Å². The molecule has 0 unspecified atom stereocenters. The molecule has 6 heteroatoms. The highest BCUT2D eigenvalue weighted by molar-refractivity contribution is 7.99. The predicted molar refractivity (Wildman–Crippen MR) is 107 cm³/mol. The molecule has 1 fully saturated rings.